The van der Waals surface area contributed by atoms with E-state index in [1.54, 1.807) is 30.6 Å². The molecule has 0 aliphatic heterocycles. The largest absolute Gasteiger partial charge is 0.497 e. The fraction of sp³-hybridized carbons (Fsp3) is 0.348. The number of anilines is 1. The number of nitrogens with zero attached hydrogens (tertiary/aromatic N) is 1. The van der Waals surface area contributed by atoms with Crippen LogP contribution >= 0.6 is 11.3 Å². The predicted molar refractivity (Wildman–Crippen MR) is 130 cm³/mol. The van der Waals surface area contributed by atoms with Crippen molar-refractivity contribution in [2.24, 2.45) is 5.41 Å². The molecule has 1 aromatic heterocycles. The maximum Gasteiger partial charge on any atom is 0.357 e. The second-order valence-electron chi connectivity index (χ2n) is 8.78. The third-order valence-electron chi connectivity index (χ3n) is 4.70. The summed E-state index contributed by atoms with van der Waals surface area (Å²) in [6.45, 7) is 7.34. The molecule has 9 heteroatoms. The number of aromatic nitrogens is 1. The van der Waals surface area contributed by atoms with Crippen molar-refractivity contribution in [3.8, 4) is 17.0 Å². The van der Waals surface area contributed by atoms with Gasteiger partial charge in [-0.3, -0.25) is 9.27 Å². The highest BCUT2D eigenvalue weighted by atomic mass is 32.2. The average molecular weight is 476 g/mol. The van der Waals surface area contributed by atoms with Gasteiger partial charge in [0, 0.05) is 17.5 Å². The Morgan fingerprint density at radius 2 is 1.88 bits per heavy atom. The Balaban J connectivity index is 1.82. The van der Waals surface area contributed by atoms with Crippen LogP contribution in [0.2, 0.25) is 0 Å². The Hall–Kier alpha value is -2.46. The first-order valence-electron chi connectivity index (χ1n) is 10.2. The van der Waals surface area contributed by atoms with Crippen molar-refractivity contribution in [1.29, 1.82) is 0 Å². The van der Waals surface area contributed by atoms with E-state index < -0.39 is 10.3 Å². The Bertz CT molecular complexity index is 1140. The summed E-state index contributed by atoms with van der Waals surface area (Å²) in [4.78, 5) is 4.89. The van der Waals surface area contributed by atoms with E-state index in [4.69, 9.17) is 14.3 Å². The summed E-state index contributed by atoms with van der Waals surface area (Å²) in [6, 6.07) is 14.8. The summed E-state index contributed by atoms with van der Waals surface area (Å²) in [7, 11) is -2.64. The molecule has 1 atom stereocenters. The molecule has 0 amide bonds. The van der Waals surface area contributed by atoms with Crippen molar-refractivity contribution in [2.45, 2.75) is 33.2 Å². The van der Waals surface area contributed by atoms with Crippen LogP contribution in [-0.2, 0) is 16.7 Å². The summed E-state index contributed by atoms with van der Waals surface area (Å²) < 4.78 is 38.4. The number of thiazole rings is 1. The zero-order chi connectivity index (χ0) is 23.4. The molecule has 0 saturated heterocycles. The highest BCUT2D eigenvalue weighted by Gasteiger charge is 2.20. The molecule has 1 heterocycles. The van der Waals surface area contributed by atoms with Crippen molar-refractivity contribution < 1.29 is 17.7 Å². The zero-order valence-electron chi connectivity index (χ0n) is 18.6. The second kappa shape index (κ2) is 9.99. The van der Waals surface area contributed by atoms with E-state index in [1.807, 2.05) is 36.4 Å². The summed E-state index contributed by atoms with van der Waals surface area (Å²) in [5.41, 5.74) is 3.34. The Labute approximate surface area is 193 Å². The Kier molecular flexibility index (Phi) is 7.55. The summed E-state index contributed by atoms with van der Waals surface area (Å²) in [6.07, 6.45) is 0.688. The standard InChI is InChI=1S/C23H29N3O4S2/c1-23(2,3)15-24-20(12-16-8-10-18(11-9-16)26-32(27,28)29)22-25-21(14-31-22)17-6-5-7-19(13-17)30-4/h5-11,13-14,20,24,26H,12,15H2,1-4H3,(H,27,28,29)/t20-/m0/s1. The van der Waals surface area contributed by atoms with Gasteiger partial charge >= 0.3 is 10.3 Å². The van der Waals surface area contributed by atoms with Gasteiger partial charge in [-0.05, 0) is 41.7 Å². The van der Waals surface area contributed by atoms with E-state index in [1.165, 1.54) is 0 Å². The molecule has 0 fully saturated rings. The van der Waals surface area contributed by atoms with Gasteiger partial charge in [0.2, 0.25) is 0 Å². The van der Waals surface area contributed by atoms with Gasteiger partial charge in [0.25, 0.3) is 0 Å². The molecule has 172 valence electrons. The van der Waals surface area contributed by atoms with Crippen LogP contribution in [0.4, 0.5) is 5.69 Å². The van der Waals surface area contributed by atoms with Crippen LogP contribution < -0.4 is 14.8 Å². The highest BCUT2D eigenvalue weighted by Crippen LogP contribution is 2.30. The third kappa shape index (κ3) is 7.30. The average Bonchev–Trinajstić information content (AvgIpc) is 3.21. The lowest BCUT2D eigenvalue weighted by molar-refractivity contribution is 0.351. The Morgan fingerprint density at radius 3 is 2.50 bits per heavy atom. The number of rotatable bonds is 9. The quantitative estimate of drug-likeness (QED) is 0.379. The SMILES string of the molecule is COc1cccc(-c2csc([C@H](Cc3ccc(NS(=O)(=O)O)cc3)NCC(C)(C)C)n2)c1. The zero-order valence-corrected chi connectivity index (χ0v) is 20.3. The molecule has 0 aliphatic rings. The molecule has 2 aromatic carbocycles. The minimum absolute atomic E-state index is 0.000957. The minimum atomic E-state index is -4.29. The van der Waals surface area contributed by atoms with E-state index in [2.05, 4.69) is 36.2 Å². The van der Waals surface area contributed by atoms with E-state index >= 15 is 0 Å². The van der Waals surface area contributed by atoms with Crippen molar-refractivity contribution in [3.05, 3.63) is 64.5 Å². The highest BCUT2D eigenvalue weighted by molar-refractivity contribution is 7.87. The number of nitrogens with one attached hydrogen (secondary N) is 2. The number of methoxy groups -OCH3 is 1. The van der Waals surface area contributed by atoms with Crippen LogP contribution in [0.3, 0.4) is 0 Å². The van der Waals surface area contributed by atoms with Gasteiger partial charge in [-0.1, -0.05) is 45.0 Å². The van der Waals surface area contributed by atoms with Crippen molar-refractivity contribution in [2.75, 3.05) is 18.4 Å². The van der Waals surface area contributed by atoms with Gasteiger partial charge in [-0.15, -0.1) is 11.3 Å². The molecule has 0 radical (unpaired) electrons. The third-order valence-corrected chi connectivity index (χ3v) is 6.16. The van der Waals surface area contributed by atoms with Gasteiger partial charge in [0.15, 0.2) is 0 Å². The van der Waals surface area contributed by atoms with Gasteiger partial charge in [-0.25, -0.2) is 4.98 Å². The van der Waals surface area contributed by atoms with E-state index in [-0.39, 0.29) is 11.5 Å². The van der Waals surface area contributed by atoms with Crippen LogP contribution in [0, 0.1) is 5.41 Å². The van der Waals surface area contributed by atoms with Crippen molar-refractivity contribution >= 4 is 27.3 Å². The maximum atomic E-state index is 11.0. The van der Waals surface area contributed by atoms with E-state index in [9.17, 15) is 8.42 Å². The molecule has 0 bridgehead atoms. The molecule has 3 N–H and O–H groups in total. The normalized spacial score (nSPS) is 13.0. The first-order valence-corrected chi connectivity index (χ1v) is 12.5. The lowest BCUT2D eigenvalue weighted by atomic mass is 9.96. The van der Waals surface area contributed by atoms with E-state index in [0.717, 1.165) is 34.1 Å². The van der Waals surface area contributed by atoms with E-state index in [0.29, 0.717) is 12.1 Å². The summed E-state index contributed by atoms with van der Waals surface area (Å²) >= 11 is 1.61. The molecule has 0 saturated carbocycles. The summed E-state index contributed by atoms with van der Waals surface area (Å²) in [5, 5.41) is 6.67. The topological polar surface area (TPSA) is 101 Å². The molecule has 32 heavy (non-hydrogen) atoms. The van der Waals surface area contributed by atoms with Crippen molar-refractivity contribution in [1.82, 2.24) is 10.3 Å². The van der Waals surface area contributed by atoms with Crippen LogP contribution in [0.25, 0.3) is 11.3 Å². The molecule has 0 spiro atoms. The van der Waals surface area contributed by atoms with Crippen LogP contribution in [-0.4, -0.2) is 31.6 Å². The molecule has 3 rings (SSSR count). The fourth-order valence-electron chi connectivity index (χ4n) is 3.13. The van der Waals surface area contributed by atoms with Crippen LogP contribution in [0.1, 0.15) is 37.4 Å². The number of hydrogen-bond acceptors (Lipinski definition) is 6. The number of ether oxygens (including phenoxy) is 1. The van der Waals surface area contributed by atoms with Crippen LogP contribution in [0.5, 0.6) is 5.75 Å². The molecular weight excluding hydrogens is 446 g/mol. The lowest BCUT2D eigenvalue weighted by Gasteiger charge is -2.24. The molecule has 7 nitrogen and oxygen atoms in total. The summed E-state index contributed by atoms with van der Waals surface area (Å²) in [5.74, 6) is 0.790. The first-order chi connectivity index (χ1) is 15.0. The molecule has 0 unspecified atom stereocenters. The Morgan fingerprint density at radius 1 is 1.16 bits per heavy atom. The maximum absolute atomic E-state index is 11.0. The van der Waals surface area contributed by atoms with Gasteiger partial charge in [-0.2, -0.15) is 8.42 Å². The smallest absolute Gasteiger partial charge is 0.357 e. The first kappa shape index (κ1) is 24.2. The molecule has 3 aromatic rings. The fourth-order valence-corrected chi connectivity index (χ4v) is 4.47. The lowest BCUT2D eigenvalue weighted by Crippen LogP contribution is -2.31. The van der Waals surface area contributed by atoms with Gasteiger partial charge < -0.3 is 10.1 Å². The number of benzene rings is 2. The number of hydrogen-bond donors (Lipinski definition) is 3. The van der Waals surface area contributed by atoms with Gasteiger partial charge in [0.05, 0.1) is 24.5 Å². The minimum Gasteiger partial charge on any atom is -0.497 e. The monoisotopic (exact) mass is 475 g/mol. The predicted octanol–water partition coefficient (Wildman–Crippen LogP) is 4.95. The molecular formula is C23H29N3O4S2. The van der Waals surface area contributed by atoms with Crippen molar-refractivity contribution in [3.63, 3.8) is 0 Å². The van der Waals surface area contributed by atoms with Gasteiger partial charge in [0.1, 0.15) is 10.8 Å². The second-order valence-corrected chi connectivity index (χ2v) is 10.8. The van der Waals surface area contributed by atoms with Crippen LogP contribution in [0.15, 0.2) is 53.9 Å². The molecule has 0 aliphatic carbocycles.